The number of hydrogen-bond donors (Lipinski definition) is 0. The number of hydrogen-bond acceptors (Lipinski definition) is 4. The Balaban J connectivity index is 1.56. The summed E-state index contributed by atoms with van der Waals surface area (Å²) in [7, 11) is 1.95. The largest absolute Gasteiger partial charge is 0.342 e. The number of amides is 1. The van der Waals surface area contributed by atoms with E-state index < -0.39 is 0 Å². The number of benzene rings is 1. The van der Waals surface area contributed by atoms with Crippen molar-refractivity contribution in [3.8, 4) is 6.07 Å². The Morgan fingerprint density at radius 3 is 2.83 bits per heavy atom. The molecule has 6 nitrogen and oxygen atoms in total. The minimum atomic E-state index is 0.186. The number of carbonyl (C=O) groups is 1. The van der Waals surface area contributed by atoms with Gasteiger partial charge in [-0.15, -0.1) is 10.2 Å². The van der Waals surface area contributed by atoms with Crippen molar-refractivity contribution in [3.63, 3.8) is 0 Å². The zero-order valence-electron chi connectivity index (χ0n) is 13.9. The average Bonchev–Trinajstić information content (AvgIpc) is 3.06. The Kier molecular flexibility index (Phi) is 4.90. The summed E-state index contributed by atoms with van der Waals surface area (Å²) in [6, 6.07) is 9.54. The molecule has 1 aromatic heterocycles. The van der Waals surface area contributed by atoms with Gasteiger partial charge in [-0.3, -0.25) is 4.79 Å². The number of piperidine rings is 1. The van der Waals surface area contributed by atoms with E-state index in [2.05, 4.69) is 16.3 Å². The first-order valence-corrected chi connectivity index (χ1v) is 8.28. The van der Waals surface area contributed by atoms with Crippen LogP contribution in [0.4, 0.5) is 0 Å². The van der Waals surface area contributed by atoms with Crippen LogP contribution in [-0.2, 0) is 18.3 Å². The van der Waals surface area contributed by atoms with Crippen LogP contribution in [0.15, 0.2) is 30.6 Å². The minimum absolute atomic E-state index is 0.186. The zero-order chi connectivity index (χ0) is 16.9. The molecule has 1 saturated heterocycles. The maximum Gasteiger partial charge on any atom is 0.222 e. The Morgan fingerprint density at radius 2 is 2.17 bits per heavy atom. The van der Waals surface area contributed by atoms with Gasteiger partial charge in [-0.2, -0.15) is 5.26 Å². The molecule has 0 saturated carbocycles. The SMILES string of the molecule is Cn1cnnc1[C@@H]1CCCN(C(=O)CCc2ccc(C#N)cc2)C1. The summed E-state index contributed by atoms with van der Waals surface area (Å²) >= 11 is 0. The molecule has 1 atom stereocenters. The topological polar surface area (TPSA) is 74.8 Å². The molecule has 1 aliphatic rings. The summed E-state index contributed by atoms with van der Waals surface area (Å²) in [5, 5.41) is 17.0. The highest BCUT2D eigenvalue weighted by Crippen LogP contribution is 2.25. The third-order valence-corrected chi connectivity index (χ3v) is 4.60. The van der Waals surface area contributed by atoms with Crippen molar-refractivity contribution in [2.45, 2.75) is 31.6 Å². The Hall–Kier alpha value is -2.68. The first-order chi connectivity index (χ1) is 11.7. The normalized spacial score (nSPS) is 17.5. The molecule has 0 N–H and O–H groups in total. The van der Waals surface area contributed by atoms with Crippen LogP contribution < -0.4 is 0 Å². The van der Waals surface area contributed by atoms with Gasteiger partial charge >= 0.3 is 0 Å². The number of likely N-dealkylation sites (tertiary alicyclic amines) is 1. The molecule has 6 heteroatoms. The van der Waals surface area contributed by atoms with Gasteiger partial charge < -0.3 is 9.47 Å². The van der Waals surface area contributed by atoms with E-state index >= 15 is 0 Å². The number of nitrogens with zero attached hydrogens (tertiary/aromatic N) is 5. The molecular weight excluding hydrogens is 302 g/mol. The molecule has 1 aromatic carbocycles. The molecule has 2 aromatic rings. The summed E-state index contributed by atoms with van der Waals surface area (Å²) in [6.07, 6.45) is 4.96. The maximum absolute atomic E-state index is 12.5. The molecular formula is C18H21N5O. The fourth-order valence-corrected chi connectivity index (χ4v) is 3.23. The second-order valence-electron chi connectivity index (χ2n) is 6.29. The van der Waals surface area contributed by atoms with E-state index in [4.69, 9.17) is 5.26 Å². The van der Waals surface area contributed by atoms with Crippen LogP contribution in [-0.4, -0.2) is 38.7 Å². The Morgan fingerprint density at radius 1 is 1.38 bits per heavy atom. The lowest BCUT2D eigenvalue weighted by Crippen LogP contribution is -2.39. The third kappa shape index (κ3) is 3.62. The lowest BCUT2D eigenvalue weighted by Gasteiger charge is -2.32. The average molecular weight is 323 g/mol. The molecule has 1 fully saturated rings. The van der Waals surface area contributed by atoms with Crippen LogP contribution in [0.3, 0.4) is 0 Å². The van der Waals surface area contributed by atoms with E-state index in [1.54, 1.807) is 18.5 Å². The van der Waals surface area contributed by atoms with Crippen LogP contribution in [0.5, 0.6) is 0 Å². The number of carbonyl (C=O) groups excluding carboxylic acids is 1. The standard InChI is InChI=1S/C18H21N5O/c1-22-13-20-21-18(22)16-3-2-10-23(12-16)17(24)9-8-14-4-6-15(11-19)7-5-14/h4-7,13,16H,2-3,8-10,12H2,1H3/t16-/m1/s1. The Labute approximate surface area is 141 Å². The highest BCUT2D eigenvalue weighted by molar-refractivity contribution is 5.76. The van der Waals surface area contributed by atoms with Gasteiger partial charge in [0, 0.05) is 32.5 Å². The molecule has 2 heterocycles. The maximum atomic E-state index is 12.5. The summed E-state index contributed by atoms with van der Waals surface area (Å²) in [5.41, 5.74) is 1.73. The zero-order valence-corrected chi connectivity index (χ0v) is 13.9. The second kappa shape index (κ2) is 7.26. The Bertz CT molecular complexity index is 744. The van der Waals surface area contributed by atoms with Crippen molar-refractivity contribution in [3.05, 3.63) is 47.5 Å². The lowest BCUT2D eigenvalue weighted by molar-refractivity contribution is -0.132. The van der Waals surface area contributed by atoms with Crippen molar-refractivity contribution in [2.75, 3.05) is 13.1 Å². The molecule has 24 heavy (non-hydrogen) atoms. The number of aryl methyl sites for hydroxylation is 2. The van der Waals surface area contributed by atoms with Crippen LogP contribution in [0.2, 0.25) is 0 Å². The highest BCUT2D eigenvalue weighted by Gasteiger charge is 2.27. The van der Waals surface area contributed by atoms with Gasteiger partial charge in [0.15, 0.2) is 0 Å². The van der Waals surface area contributed by atoms with Gasteiger partial charge in [0.2, 0.25) is 5.91 Å². The second-order valence-corrected chi connectivity index (χ2v) is 6.29. The van der Waals surface area contributed by atoms with E-state index in [0.29, 0.717) is 18.4 Å². The number of nitriles is 1. The van der Waals surface area contributed by atoms with Crippen molar-refractivity contribution in [1.82, 2.24) is 19.7 Å². The predicted octanol–water partition coefficient (Wildman–Crippen LogP) is 2.03. The smallest absolute Gasteiger partial charge is 0.222 e. The van der Waals surface area contributed by atoms with Gasteiger partial charge in [0.1, 0.15) is 12.2 Å². The summed E-state index contributed by atoms with van der Waals surface area (Å²) < 4.78 is 1.94. The molecule has 1 amide bonds. The van der Waals surface area contributed by atoms with E-state index in [1.807, 2.05) is 28.6 Å². The van der Waals surface area contributed by atoms with Gasteiger partial charge in [-0.1, -0.05) is 12.1 Å². The van der Waals surface area contributed by atoms with E-state index in [-0.39, 0.29) is 11.8 Å². The van der Waals surface area contributed by atoms with Gasteiger partial charge in [0.05, 0.1) is 11.6 Å². The lowest BCUT2D eigenvalue weighted by atomic mass is 9.96. The van der Waals surface area contributed by atoms with Crippen molar-refractivity contribution in [1.29, 1.82) is 5.26 Å². The molecule has 0 unspecified atom stereocenters. The van der Waals surface area contributed by atoms with E-state index in [0.717, 1.165) is 37.3 Å². The van der Waals surface area contributed by atoms with Crippen LogP contribution in [0.1, 0.15) is 42.1 Å². The minimum Gasteiger partial charge on any atom is -0.342 e. The van der Waals surface area contributed by atoms with Crippen molar-refractivity contribution < 1.29 is 4.79 Å². The molecule has 0 bridgehead atoms. The van der Waals surface area contributed by atoms with E-state index in [1.165, 1.54) is 0 Å². The first kappa shape index (κ1) is 16.2. The van der Waals surface area contributed by atoms with Crippen molar-refractivity contribution >= 4 is 5.91 Å². The summed E-state index contributed by atoms with van der Waals surface area (Å²) in [5.74, 6) is 1.41. The number of rotatable bonds is 4. The fraction of sp³-hybridized carbons (Fsp3) is 0.444. The molecule has 124 valence electrons. The predicted molar refractivity (Wildman–Crippen MR) is 89.0 cm³/mol. The van der Waals surface area contributed by atoms with Gasteiger partial charge in [-0.25, -0.2) is 0 Å². The summed E-state index contributed by atoms with van der Waals surface area (Å²) in [4.78, 5) is 14.5. The fourth-order valence-electron chi connectivity index (χ4n) is 3.23. The molecule has 0 aliphatic carbocycles. The highest BCUT2D eigenvalue weighted by atomic mass is 16.2. The van der Waals surface area contributed by atoms with Crippen molar-refractivity contribution in [2.24, 2.45) is 7.05 Å². The van der Waals surface area contributed by atoms with Crippen LogP contribution in [0.25, 0.3) is 0 Å². The molecule has 3 rings (SSSR count). The molecule has 0 radical (unpaired) electrons. The van der Waals surface area contributed by atoms with Crippen LogP contribution in [0, 0.1) is 11.3 Å². The third-order valence-electron chi connectivity index (χ3n) is 4.60. The van der Waals surface area contributed by atoms with Crippen LogP contribution >= 0.6 is 0 Å². The first-order valence-electron chi connectivity index (χ1n) is 8.28. The monoisotopic (exact) mass is 323 g/mol. The molecule has 0 spiro atoms. The van der Waals surface area contributed by atoms with Gasteiger partial charge in [0.25, 0.3) is 0 Å². The van der Waals surface area contributed by atoms with Gasteiger partial charge in [-0.05, 0) is 37.0 Å². The number of aromatic nitrogens is 3. The molecule has 1 aliphatic heterocycles. The summed E-state index contributed by atoms with van der Waals surface area (Å²) in [6.45, 7) is 1.54. The van der Waals surface area contributed by atoms with E-state index in [9.17, 15) is 4.79 Å². The quantitative estimate of drug-likeness (QED) is 0.863.